The van der Waals surface area contributed by atoms with E-state index in [0.29, 0.717) is 16.5 Å². The minimum absolute atomic E-state index is 0.213. The molecular weight excluding hydrogens is 345 g/mol. The van der Waals surface area contributed by atoms with Gasteiger partial charge in [0.05, 0.1) is 11.8 Å². The first-order valence-corrected chi connectivity index (χ1v) is 9.29. The summed E-state index contributed by atoms with van der Waals surface area (Å²) < 4.78 is 40.3. The van der Waals surface area contributed by atoms with Gasteiger partial charge in [0, 0.05) is 10.5 Å². The highest BCUT2D eigenvalue weighted by Gasteiger charge is 2.19. The molecule has 0 bridgehead atoms. The van der Waals surface area contributed by atoms with Gasteiger partial charge in [0.15, 0.2) is 0 Å². The molecule has 0 aliphatic heterocycles. The molecule has 9 nitrogen and oxygen atoms in total. The van der Waals surface area contributed by atoms with Crippen molar-refractivity contribution in [3.05, 3.63) is 36.0 Å². The summed E-state index contributed by atoms with van der Waals surface area (Å²) in [6.07, 6.45) is 2.30. The fraction of sp³-hybridized carbons (Fsp3) is 0.250. The van der Waals surface area contributed by atoms with Gasteiger partial charge in [-0.3, -0.25) is 4.79 Å². The van der Waals surface area contributed by atoms with Crippen LogP contribution in [0.5, 0.6) is 0 Å². The zero-order valence-electron chi connectivity index (χ0n) is 12.0. The summed E-state index contributed by atoms with van der Waals surface area (Å²) in [6, 6.07) is 6.90. The van der Waals surface area contributed by atoms with Gasteiger partial charge in [-0.25, -0.2) is 13.1 Å². The summed E-state index contributed by atoms with van der Waals surface area (Å²) in [5, 5.41) is 4.86. The molecule has 0 aliphatic carbocycles. The van der Waals surface area contributed by atoms with E-state index in [2.05, 4.69) is 9.62 Å². The minimum Gasteiger partial charge on any atom is -0.566 e. The largest absolute Gasteiger partial charge is 0.566 e. The third-order valence-corrected chi connectivity index (χ3v) is 3.66. The van der Waals surface area contributed by atoms with Crippen molar-refractivity contribution in [1.82, 2.24) is 9.82 Å². The molecule has 0 fully saturated rings. The molecule has 1 atom stereocenters. The van der Waals surface area contributed by atoms with Gasteiger partial charge in [-0.1, -0.05) is 22.9 Å². The number of benzene rings is 1. The first-order chi connectivity index (χ1) is 10.7. The van der Waals surface area contributed by atoms with Crippen molar-refractivity contribution in [3.63, 3.8) is 0 Å². The molecule has 2 aromatic rings. The molecular formula is C12H13N3O6PS+. The Balaban J connectivity index is 2.33. The first kappa shape index (κ1) is 17.4. The maximum absolute atomic E-state index is 11.7. The fourth-order valence-electron chi connectivity index (χ4n) is 1.95. The lowest BCUT2D eigenvalue weighted by Gasteiger charge is -2.03. The van der Waals surface area contributed by atoms with Crippen LogP contribution in [0.4, 0.5) is 0 Å². The van der Waals surface area contributed by atoms with Crippen molar-refractivity contribution in [1.29, 1.82) is 0 Å². The van der Waals surface area contributed by atoms with Gasteiger partial charge in [-0.2, -0.15) is 0 Å². The average Bonchev–Trinajstić information content (AvgIpc) is 2.42. The molecule has 0 aliphatic rings. The average molecular weight is 358 g/mol. The zero-order chi connectivity index (χ0) is 17.0. The van der Waals surface area contributed by atoms with Crippen LogP contribution in [-0.4, -0.2) is 25.7 Å². The summed E-state index contributed by atoms with van der Waals surface area (Å²) in [5.74, 6) is -0.762. The smallest absolute Gasteiger partial charge is 0.488 e. The third-order valence-electron chi connectivity index (χ3n) is 2.72. The molecule has 23 heavy (non-hydrogen) atoms. The summed E-state index contributed by atoms with van der Waals surface area (Å²) in [6.45, 7) is -0.552. The number of hydrogen-bond acceptors (Lipinski definition) is 7. The highest BCUT2D eigenvalue weighted by atomic mass is 32.2. The van der Waals surface area contributed by atoms with E-state index in [-0.39, 0.29) is 13.2 Å². The lowest BCUT2D eigenvalue weighted by Crippen LogP contribution is -2.47. The maximum Gasteiger partial charge on any atom is 0.488 e. The summed E-state index contributed by atoms with van der Waals surface area (Å²) in [5.41, 5.74) is 1.02. The third kappa shape index (κ3) is 5.29. The second kappa shape index (κ2) is 7.05. The lowest BCUT2D eigenvalue weighted by atomic mass is 10.1. The van der Waals surface area contributed by atoms with Crippen LogP contribution in [0.3, 0.4) is 0 Å². The number of hydrogen-bond donors (Lipinski definition) is 1. The number of nitrogens with one attached hydrogen (secondary N) is 1. The van der Waals surface area contributed by atoms with Crippen molar-refractivity contribution < 1.29 is 31.9 Å². The standard InChI is InChI=1S/C12H12N3O6PS/c1-23(19,20)14-12(16)7-15-6-9(8-21-22(17)18)10-4-2-3-5-11(10)13-15/h2-6H,7-8H2,1H3/p+1. The second-order valence-corrected chi connectivity index (χ2v) is 7.12. The van der Waals surface area contributed by atoms with E-state index in [1.807, 2.05) is 4.72 Å². The summed E-state index contributed by atoms with van der Waals surface area (Å²) in [7, 11) is -6.68. The highest BCUT2D eigenvalue weighted by molar-refractivity contribution is 7.89. The normalized spacial score (nSPS) is 12.2. The van der Waals surface area contributed by atoms with E-state index in [0.717, 1.165) is 6.26 Å². The summed E-state index contributed by atoms with van der Waals surface area (Å²) >= 11 is 0. The van der Waals surface area contributed by atoms with E-state index in [1.165, 1.54) is 10.9 Å². The molecule has 1 unspecified atom stereocenters. The molecule has 1 amide bonds. The predicted octanol–water partition coefficient (Wildman–Crippen LogP) is -0.868. The fourth-order valence-corrected chi connectivity index (χ4v) is 2.68. The number of fused-ring (bicyclic) bond motifs is 1. The van der Waals surface area contributed by atoms with Crippen LogP contribution < -0.4 is 14.3 Å². The van der Waals surface area contributed by atoms with E-state index >= 15 is 0 Å². The van der Waals surface area contributed by atoms with Crippen LogP contribution >= 0.6 is 8.25 Å². The number of carbonyl (C=O) groups is 1. The Labute approximate surface area is 132 Å². The molecule has 0 saturated carbocycles. The Morgan fingerprint density at radius 2 is 2.13 bits per heavy atom. The Kier molecular flexibility index (Phi) is 5.32. The number of carbonyl (C=O) groups excluding carboxylic acids is 1. The molecule has 1 heterocycles. The Bertz CT molecular complexity index is 870. The molecule has 1 aromatic heterocycles. The molecule has 1 aromatic carbocycles. The number of aromatic nitrogens is 2. The van der Waals surface area contributed by atoms with Crippen LogP contribution in [0.1, 0.15) is 5.56 Å². The molecule has 0 saturated heterocycles. The van der Waals surface area contributed by atoms with Crippen molar-refractivity contribution in [3.8, 4) is 0 Å². The molecule has 2 rings (SSSR count). The molecule has 0 spiro atoms. The Morgan fingerprint density at radius 1 is 1.43 bits per heavy atom. The van der Waals surface area contributed by atoms with Crippen LogP contribution in [0.25, 0.3) is 10.9 Å². The Hall–Kier alpha value is -2.00. The second-order valence-electron chi connectivity index (χ2n) is 4.66. The summed E-state index contributed by atoms with van der Waals surface area (Å²) in [4.78, 5) is 22.3. The quantitative estimate of drug-likeness (QED) is 0.525. The van der Waals surface area contributed by atoms with Crippen molar-refractivity contribution >= 4 is 35.1 Å². The van der Waals surface area contributed by atoms with Crippen molar-refractivity contribution in [2.24, 2.45) is 0 Å². The predicted molar refractivity (Wildman–Crippen MR) is 77.3 cm³/mol. The zero-order valence-corrected chi connectivity index (χ0v) is 13.7. The van der Waals surface area contributed by atoms with Crippen LogP contribution in [0.15, 0.2) is 30.5 Å². The molecule has 1 N–H and O–H groups in total. The Morgan fingerprint density at radius 3 is 2.78 bits per heavy atom. The van der Waals surface area contributed by atoms with Gasteiger partial charge in [0.2, 0.25) is 16.2 Å². The molecule has 122 valence electrons. The van der Waals surface area contributed by atoms with Gasteiger partial charge >= 0.3 is 14.2 Å². The maximum atomic E-state index is 11.7. The lowest BCUT2D eigenvalue weighted by molar-refractivity contribution is -0.740. The van der Waals surface area contributed by atoms with Gasteiger partial charge in [0.1, 0.15) is 12.1 Å². The van der Waals surface area contributed by atoms with Crippen molar-refractivity contribution in [2.45, 2.75) is 13.2 Å². The van der Waals surface area contributed by atoms with E-state index in [1.54, 1.807) is 24.3 Å². The van der Waals surface area contributed by atoms with Crippen LogP contribution in [0, 0.1) is 0 Å². The molecule has 0 radical (unpaired) electrons. The van der Waals surface area contributed by atoms with Gasteiger partial charge in [0.25, 0.3) is 6.54 Å². The first-order valence-electron chi connectivity index (χ1n) is 6.31. The number of amides is 1. The number of nitrogens with zero attached hydrogens (tertiary/aromatic N) is 2. The van der Waals surface area contributed by atoms with E-state index < -0.39 is 24.2 Å². The monoisotopic (exact) mass is 358 g/mol. The van der Waals surface area contributed by atoms with Crippen LogP contribution in [0.2, 0.25) is 0 Å². The topological polar surface area (TPSA) is 129 Å². The van der Waals surface area contributed by atoms with Crippen LogP contribution in [-0.2, 0) is 37.1 Å². The SMILES string of the molecule is CS(=O)(=O)NC(=O)C[n+]1cc(CO[P+](=O)[O-])c2ccccc2n1. The van der Waals surface area contributed by atoms with E-state index in [4.69, 9.17) is 0 Å². The highest BCUT2D eigenvalue weighted by Crippen LogP contribution is 2.19. The minimum atomic E-state index is -3.66. The van der Waals surface area contributed by atoms with Gasteiger partial charge in [-0.05, 0) is 10.6 Å². The molecule has 11 heteroatoms. The number of rotatable bonds is 6. The van der Waals surface area contributed by atoms with Gasteiger partial charge < -0.3 is 4.89 Å². The van der Waals surface area contributed by atoms with Gasteiger partial charge in [-0.15, -0.1) is 4.52 Å². The van der Waals surface area contributed by atoms with E-state index in [9.17, 15) is 22.7 Å². The number of sulfonamides is 1. The van der Waals surface area contributed by atoms with Crippen molar-refractivity contribution in [2.75, 3.05) is 6.26 Å².